The summed E-state index contributed by atoms with van der Waals surface area (Å²) >= 11 is 0. The Morgan fingerprint density at radius 2 is 1.94 bits per heavy atom. The predicted octanol–water partition coefficient (Wildman–Crippen LogP) is 1.19. The Morgan fingerprint density at radius 1 is 1.12 bits per heavy atom. The molecule has 74 valence electrons. The lowest BCUT2D eigenvalue weighted by atomic mass is 9.95. The highest BCUT2D eigenvalue weighted by Crippen LogP contribution is 2.16. The van der Waals surface area contributed by atoms with E-state index < -0.39 is 0 Å². The molecule has 0 N–H and O–H groups in total. The van der Waals surface area contributed by atoms with Gasteiger partial charge in [0.25, 0.3) is 0 Å². The third kappa shape index (κ3) is 1.48. The Kier molecular flexibility index (Phi) is 1.99. The van der Waals surface area contributed by atoms with Crippen LogP contribution in [0, 0.1) is 0 Å². The number of rotatable bonds is 1. The minimum absolute atomic E-state index is 0.703. The van der Waals surface area contributed by atoms with Crippen LogP contribution in [-0.2, 0) is 0 Å². The zero-order valence-electron chi connectivity index (χ0n) is 8.54. The summed E-state index contributed by atoms with van der Waals surface area (Å²) in [4.78, 5) is 8.60. The number of imidazole rings is 1. The number of aromatic nitrogens is 3. The van der Waals surface area contributed by atoms with Gasteiger partial charge in [0.2, 0.25) is 5.78 Å². The van der Waals surface area contributed by atoms with Gasteiger partial charge in [0.05, 0.1) is 5.69 Å². The third-order valence-corrected chi connectivity index (χ3v) is 2.44. The van der Waals surface area contributed by atoms with E-state index in [4.69, 9.17) is 7.85 Å². The fourth-order valence-electron chi connectivity index (χ4n) is 1.62. The van der Waals surface area contributed by atoms with Gasteiger partial charge in [-0.3, -0.25) is 4.40 Å². The lowest BCUT2D eigenvalue weighted by molar-refractivity contribution is 1.11. The van der Waals surface area contributed by atoms with Crippen molar-refractivity contribution >= 4 is 19.1 Å². The van der Waals surface area contributed by atoms with E-state index in [0.29, 0.717) is 5.78 Å². The van der Waals surface area contributed by atoms with Crippen molar-refractivity contribution < 1.29 is 0 Å². The van der Waals surface area contributed by atoms with E-state index in [2.05, 4.69) is 9.97 Å². The molecule has 2 aromatic heterocycles. The van der Waals surface area contributed by atoms with Crippen molar-refractivity contribution in [2.45, 2.75) is 0 Å². The van der Waals surface area contributed by atoms with Crippen LogP contribution in [-0.4, -0.2) is 22.2 Å². The first-order chi connectivity index (χ1) is 7.83. The molecule has 0 unspecified atom stereocenters. The fraction of sp³-hybridized carbons (Fsp3) is 0. The average Bonchev–Trinajstić information content (AvgIpc) is 2.73. The first kappa shape index (κ1) is 9.15. The van der Waals surface area contributed by atoms with Gasteiger partial charge < -0.3 is 0 Å². The van der Waals surface area contributed by atoms with Gasteiger partial charge >= 0.3 is 0 Å². The van der Waals surface area contributed by atoms with Crippen molar-refractivity contribution in [3.05, 3.63) is 48.9 Å². The van der Waals surface area contributed by atoms with E-state index >= 15 is 0 Å². The first-order valence-corrected chi connectivity index (χ1v) is 4.98. The Bertz CT molecular complexity index is 595. The standard InChI is InChI=1S/C12H8BN3/c13-10-4-2-9(3-5-10)11-8-16-7-1-6-14-12(16)15-11/h1-8H. The summed E-state index contributed by atoms with van der Waals surface area (Å²) in [7, 11) is 5.64. The van der Waals surface area contributed by atoms with Crippen molar-refractivity contribution in [3.63, 3.8) is 0 Å². The van der Waals surface area contributed by atoms with Gasteiger partial charge in [0, 0.05) is 24.2 Å². The lowest BCUT2D eigenvalue weighted by Crippen LogP contribution is -1.99. The second kappa shape index (κ2) is 3.49. The van der Waals surface area contributed by atoms with Gasteiger partial charge in [0.15, 0.2) is 0 Å². The summed E-state index contributed by atoms with van der Waals surface area (Å²) < 4.78 is 1.89. The van der Waals surface area contributed by atoms with E-state index in [-0.39, 0.29) is 0 Å². The van der Waals surface area contributed by atoms with Gasteiger partial charge in [-0.05, 0) is 6.07 Å². The summed E-state index contributed by atoms with van der Waals surface area (Å²) in [5.74, 6) is 0.703. The van der Waals surface area contributed by atoms with Gasteiger partial charge in [0.1, 0.15) is 7.85 Å². The molecule has 0 aliphatic heterocycles. The van der Waals surface area contributed by atoms with Gasteiger partial charge in [-0.15, -0.1) is 0 Å². The third-order valence-electron chi connectivity index (χ3n) is 2.44. The van der Waals surface area contributed by atoms with Gasteiger partial charge in [-0.1, -0.05) is 29.7 Å². The Hall–Kier alpha value is -2.10. The van der Waals surface area contributed by atoms with Crippen LogP contribution in [0.4, 0.5) is 0 Å². The summed E-state index contributed by atoms with van der Waals surface area (Å²) in [6.45, 7) is 0. The number of fused-ring (bicyclic) bond motifs is 1. The fourth-order valence-corrected chi connectivity index (χ4v) is 1.62. The van der Waals surface area contributed by atoms with Crippen molar-refractivity contribution in [3.8, 4) is 11.3 Å². The molecule has 0 amide bonds. The molecule has 3 rings (SSSR count). The molecule has 4 heteroatoms. The predicted molar refractivity (Wildman–Crippen MR) is 63.8 cm³/mol. The second-order valence-corrected chi connectivity index (χ2v) is 3.58. The van der Waals surface area contributed by atoms with Crippen LogP contribution in [0.25, 0.3) is 17.0 Å². The molecule has 0 fully saturated rings. The van der Waals surface area contributed by atoms with E-state index in [9.17, 15) is 0 Å². The molecular formula is C12H8BN3. The normalized spacial score (nSPS) is 10.8. The largest absolute Gasteiger partial charge is 0.291 e. The Balaban J connectivity index is 2.15. The molecule has 0 saturated heterocycles. The molecule has 2 heterocycles. The summed E-state index contributed by atoms with van der Waals surface area (Å²) in [5, 5.41) is 0. The monoisotopic (exact) mass is 205 g/mol. The van der Waals surface area contributed by atoms with E-state index in [1.807, 2.05) is 47.1 Å². The molecule has 2 radical (unpaired) electrons. The maximum Gasteiger partial charge on any atom is 0.234 e. The molecule has 0 bridgehead atoms. The maximum absolute atomic E-state index is 5.64. The van der Waals surface area contributed by atoms with E-state index in [1.54, 1.807) is 6.20 Å². The molecule has 0 aliphatic rings. The number of hydrogen-bond acceptors (Lipinski definition) is 2. The second-order valence-electron chi connectivity index (χ2n) is 3.58. The molecule has 1 aromatic carbocycles. The van der Waals surface area contributed by atoms with Crippen LogP contribution in [0.3, 0.4) is 0 Å². The first-order valence-electron chi connectivity index (χ1n) is 4.98. The molecule has 0 spiro atoms. The molecule has 0 saturated carbocycles. The van der Waals surface area contributed by atoms with Crippen LogP contribution < -0.4 is 5.46 Å². The van der Waals surface area contributed by atoms with Crippen LogP contribution in [0.1, 0.15) is 0 Å². The van der Waals surface area contributed by atoms with Crippen molar-refractivity contribution in [2.24, 2.45) is 0 Å². The summed E-state index contributed by atoms with van der Waals surface area (Å²) in [6, 6.07) is 9.52. The van der Waals surface area contributed by atoms with Crippen LogP contribution >= 0.6 is 0 Å². The van der Waals surface area contributed by atoms with Crippen molar-refractivity contribution in [1.29, 1.82) is 0 Å². The molecule has 0 aliphatic carbocycles. The van der Waals surface area contributed by atoms with Crippen LogP contribution in [0.15, 0.2) is 48.9 Å². The molecule has 16 heavy (non-hydrogen) atoms. The van der Waals surface area contributed by atoms with Gasteiger partial charge in [-0.25, -0.2) is 9.97 Å². The maximum atomic E-state index is 5.64. The smallest absolute Gasteiger partial charge is 0.234 e. The number of hydrogen-bond donors (Lipinski definition) is 0. The van der Waals surface area contributed by atoms with Gasteiger partial charge in [-0.2, -0.15) is 0 Å². The van der Waals surface area contributed by atoms with E-state index in [0.717, 1.165) is 16.7 Å². The highest BCUT2D eigenvalue weighted by molar-refractivity contribution is 6.32. The molecule has 3 nitrogen and oxygen atoms in total. The summed E-state index contributed by atoms with van der Waals surface area (Å²) in [5.41, 5.74) is 2.70. The van der Waals surface area contributed by atoms with Crippen molar-refractivity contribution in [2.75, 3.05) is 0 Å². The zero-order chi connectivity index (χ0) is 11.0. The number of benzene rings is 1. The van der Waals surface area contributed by atoms with E-state index in [1.165, 1.54) is 0 Å². The van der Waals surface area contributed by atoms with Crippen LogP contribution in [0.2, 0.25) is 0 Å². The Morgan fingerprint density at radius 3 is 2.69 bits per heavy atom. The number of nitrogens with zero attached hydrogens (tertiary/aromatic N) is 3. The SMILES string of the molecule is [B]c1ccc(-c2cn3cccnc3n2)cc1. The highest BCUT2D eigenvalue weighted by Gasteiger charge is 2.03. The lowest BCUT2D eigenvalue weighted by Gasteiger charge is -1.96. The zero-order valence-corrected chi connectivity index (χ0v) is 8.54. The summed E-state index contributed by atoms with van der Waals surface area (Å²) in [6.07, 6.45) is 5.61. The topological polar surface area (TPSA) is 30.2 Å². The average molecular weight is 205 g/mol. The minimum Gasteiger partial charge on any atom is -0.291 e. The van der Waals surface area contributed by atoms with Crippen LogP contribution in [0.5, 0.6) is 0 Å². The highest BCUT2D eigenvalue weighted by atomic mass is 15.1. The molecule has 0 atom stereocenters. The quantitative estimate of drug-likeness (QED) is 0.558. The molecule has 3 aromatic rings. The Labute approximate surface area is 94.2 Å². The molecular weight excluding hydrogens is 197 g/mol. The minimum atomic E-state index is 0.703. The van der Waals surface area contributed by atoms with Crippen molar-refractivity contribution in [1.82, 2.24) is 14.4 Å².